The zero-order chi connectivity index (χ0) is 12.1. The van der Waals surface area contributed by atoms with Crippen LogP contribution < -0.4 is 0 Å². The van der Waals surface area contributed by atoms with E-state index in [2.05, 4.69) is 54.8 Å². The highest BCUT2D eigenvalue weighted by Crippen LogP contribution is 2.38. The van der Waals surface area contributed by atoms with Crippen LogP contribution in [0.3, 0.4) is 0 Å². The monoisotopic (exact) mass is 260 g/mol. The number of hydrogen-bond acceptors (Lipinski definition) is 2. The summed E-state index contributed by atoms with van der Waals surface area (Å²) in [6.45, 7) is 0. The Morgan fingerprint density at radius 3 is 1.65 bits per heavy atom. The number of benzene rings is 2. The molecule has 0 fully saturated rings. The van der Waals surface area contributed by atoms with E-state index >= 15 is 0 Å². The summed E-state index contributed by atoms with van der Waals surface area (Å²) in [6, 6.07) is 21.0. The number of thiol groups is 1. The normalized spacial score (nSPS) is 11.4. The first kappa shape index (κ1) is 12.6. The van der Waals surface area contributed by atoms with Gasteiger partial charge in [-0.15, -0.1) is 0 Å². The van der Waals surface area contributed by atoms with Crippen LogP contribution in [0.4, 0.5) is 0 Å². The SMILES string of the molecule is CSCC(S)(c1ccccc1)c1ccccc1. The summed E-state index contributed by atoms with van der Waals surface area (Å²) in [6.07, 6.45) is 2.12. The second kappa shape index (κ2) is 5.65. The highest BCUT2D eigenvalue weighted by molar-refractivity contribution is 7.99. The Balaban J connectivity index is 2.47. The highest BCUT2D eigenvalue weighted by atomic mass is 32.2. The molecule has 88 valence electrons. The van der Waals surface area contributed by atoms with Gasteiger partial charge in [-0.05, 0) is 17.4 Å². The van der Waals surface area contributed by atoms with Gasteiger partial charge in [0.05, 0.1) is 4.75 Å². The van der Waals surface area contributed by atoms with Crippen molar-refractivity contribution in [2.45, 2.75) is 4.75 Å². The Kier molecular flexibility index (Phi) is 4.19. The standard InChI is InChI=1S/C15H16S2/c1-17-12-15(16,13-8-4-2-5-9-13)14-10-6-3-7-11-14/h2-11,16H,12H2,1H3. The van der Waals surface area contributed by atoms with Crippen LogP contribution in [0.5, 0.6) is 0 Å². The number of hydrogen-bond donors (Lipinski definition) is 1. The van der Waals surface area contributed by atoms with Crippen LogP contribution >= 0.6 is 24.4 Å². The minimum Gasteiger partial charge on any atom is -0.163 e. The fraction of sp³-hybridized carbons (Fsp3) is 0.200. The lowest BCUT2D eigenvalue weighted by atomic mass is 9.92. The third-order valence-corrected chi connectivity index (χ3v) is 4.47. The summed E-state index contributed by atoms with van der Waals surface area (Å²) in [5, 5.41) is 0. The van der Waals surface area contributed by atoms with E-state index in [0.29, 0.717) is 0 Å². The smallest absolute Gasteiger partial charge is 0.0717 e. The first-order valence-corrected chi connectivity index (χ1v) is 7.44. The molecule has 0 aliphatic carbocycles. The molecule has 0 radical (unpaired) electrons. The van der Waals surface area contributed by atoms with E-state index in [1.807, 2.05) is 23.9 Å². The van der Waals surface area contributed by atoms with Crippen LogP contribution in [0.1, 0.15) is 11.1 Å². The summed E-state index contributed by atoms with van der Waals surface area (Å²) < 4.78 is -0.206. The number of thioether (sulfide) groups is 1. The first-order chi connectivity index (χ1) is 8.27. The van der Waals surface area contributed by atoms with Gasteiger partial charge in [-0.25, -0.2) is 0 Å². The van der Waals surface area contributed by atoms with Gasteiger partial charge < -0.3 is 0 Å². The van der Waals surface area contributed by atoms with Gasteiger partial charge in [-0.3, -0.25) is 0 Å². The summed E-state index contributed by atoms with van der Waals surface area (Å²) in [4.78, 5) is 0. The van der Waals surface area contributed by atoms with Crippen molar-refractivity contribution < 1.29 is 0 Å². The maximum atomic E-state index is 4.96. The van der Waals surface area contributed by atoms with E-state index in [-0.39, 0.29) is 4.75 Å². The lowest BCUT2D eigenvalue weighted by molar-refractivity contribution is 0.863. The van der Waals surface area contributed by atoms with E-state index in [1.165, 1.54) is 11.1 Å². The molecule has 0 amide bonds. The van der Waals surface area contributed by atoms with Crippen LogP contribution in [0.25, 0.3) is 0 Å². The molecule has 2 aromatic rings. The number of rotatable bonds is 4. The van der Waals surface area contributed by atoms with Crippen molar-refractivity contribution in [3.05, 3.63) is 71.8 Å². The molecule has 0 bridgehead atoms. The Morgan fingerprint density at radius 2 is 1.29 bits per heavy atom. The molecule has 2 heteroatoms. The first-order valence-electron chi connectivity index (χ1n) is 5.60. The Hall–Kier alpha value is -0.860. The molecule has 0 aromatic heterocycles. The average molecular weight is 260 g/mol. The Morgan fingerprint density at radius 1 is 0.882 bits per heavy atom. The fourth-order valence-corrected chi connectivity index (χ4v) is 3.41. The van der Waals surface area contributed by atoms with Crippen molar-refractivity contribution in [3.8, 4) is 0 Å². The minimum absolute atomic E-state index is 0.206. The molecule has 0 heterocycles. The van der Waals surface area contributed by atoms with E-state index in [1.54, 1.807) is 0 Å². The van der Waals surface area contributed by atoms with Crippen molar-refractivity contribution in [1.82, 2.24) is 0 Å². The molecule has 17 heavy (non-hydrogen) atoms. The molecule has 0 aliphatic rings. The average Bonchev–Trinajstić information content (AvgIpc) is 2.41. The van der Waals surface area contributed by atoms with E-state index in [4.69, 9.17) is 12.6 Å². The van der Waals surface area contributed by atoms with Crippen molar-refractivity contribution in [1.29, 1.82) is 0 Å². The third kappa shape index (κ3) is 2.70. The fourth-order valence-electron chi connectivity index (χ4n) is 1.97. The second-order valence-electron chi connectivity index (χ2n) is 4.03. The van der Waals surface area contributed by atoms with Crippen molar-refractivity contribution in [2.75, 3.05) is 12.0 Å². The Bertz CT molecular complexity index is 411. The largest absolute Gasteiger partial charge is 0.163 e. The molecule has 0 unspecified atom stereocenters. The van der Waals surface area contributed by atoms with Crippen molar-refractivity contribution in [2.24, 2.45) is 0 Å². The van der Waals surface area contributed by atoms with Gasteiger partial charge >= 0.3 is 0 Å². The van der Waals surface area contributed by atoms with Gasteiger partial charge in [0.25, 0.3) is 0 Å². The van der Waals surface area contributed by atoms with Gasteiger partial charge in [0.2, 0.25) is 0 Å². The molecule has 0 N–H and O–H groups in total. The highest BCUT2D eigenvalue weighted by Gasteiger charge is 2.29. The van der Waals surface area contributed by atoms with Crippen molar-refractivity contribution >= 4 is 24.4 Å². The minimum atomic E-state index is -0.206. The lowest BCUT2D eigenvalue weighted by Gasteiger charge is -2.29. The maximum Gasteiger partial charge on any atom is 0.0717 e. The second-order valence-corrected chi connectivity index (χ2v) is 5.65. The van der Waals surface area contributed by atoms with Gasteiger partial charge in [0.15, 0.2) is 0 Å². The molecule has 0 saturated heterocycles. The Labute approximate surface area is 113 Å². The summed E-state index contributed by atoms with van der Waals surface area (Å²) in [7, 11) is 0. The zero-order valence-electron chi connectivity index (χ0n) is 9.84. The molecular weight excluding hydrogens is 244 g/mol. The maximum absolute atomic E-state index is 4.96. The molecule has 0 atom stereocenters. The molecule has 2 rings (SSSR count). The predicted octanol–water partition coefficient (Wildman–Crippen LogP) is 4.22. The molecular formula is C15H16S2. The van der Waals surface area contributed by atoms with E-state index < -0.39 is 0 Å². The van der Waals surface area contributed by atoms with Crippen LogP contribution in [-0.4, -0.2) is 12.0 Å². The molecule has 0 aliphatic heterocycles. The zero-order valence-corrected chi connectivity index (χ0v) is 11.5. The molecule has 2 aromatic carbocycles. The van der Waals surface area contributed by atoms with Crippen molar-refractivity contribution in [3.63, 3.8) is 0 Å². The van der Waals surface area contributed by atoms with Crippen LogP contribution in [0.2, 0.25) is 0 Å². The molecule has 0 nitrogen and oxygen atoms in total. The lowest BCUT2D eigenvalue weighted by Crippen LogP contribution is -2.23. The predicted molar refractivity (Wildman–Crippen MR) is 81.0 cm³/mol. The topological polar surface area (TPSA) is 0 Å². The quantitative estimate of drug-likeness (QED) is 0.803. The van der Waals surface area contributed by atoms with Gasteiger partial charge in [-0.2, -0.15) is 24.4 Å². The van der Waals surface area contributed by atoms with Crippen LogP contribution in [-0.2, 0) is 4.75 Å². The van der Waals surface area contributed by atoms with Gasteiger partial charge in [0.1, 0.15) is 0 Å². The van der Waals surface area contributed by atoms with E-state index in [0.717, 1.165) is 5.75 Å². The molecule has 0 spiro atoms. The van der Waals surface area contributed by atoms with Crippen LogP contribution in [0.15, 0.2) is 60.7 Å². The van der Waals surface area contributed by atoms with Crippen LogP contribution in [0, 0.1) is 0 Å². The summed E-state index contributed by atoms with van der Waals surface area (Å²) in [5.74, 6) is 0.962. The third-order valence-electron chi connectivity index (χ3n) is 2.86. The molecule has 0 saturated carbocycles. The van der Waals surface area contributed by atoms with E-state index in [9.17, 15) is 0 Å². The summed E-state index contributed by atoms with van der Waals surface area (Å²) >= 11 is 6.78. The van der Waals surface area contributed by atoms with Gasteiger partial charge in [0, 0.05) is 5.75 Å². The summed E-state index contributed by atoms with van der Waals surface area (Å²) in [5.41, 5.74) is 2.51. The van der Waals surface area contributed by atoms with Gasteiger partial charge in [-0.1, -0.05) is 60.7 Å².